The van der Waals surface area contributed by atoms with Gasteiger partial charge in [-0.05, 0) is 18.6 Å². The lowest BCUT2D eigenvalue weighted by Crippen LogP contribution is -2.45. The van der Waals surface area contributed by atoms with Crippen LogP contribution in [0.4, 0.5) is 5.69 Å². The van der Waals surface area contributed by atoms with Crippen LogP contribution in [-0.4, -0.2) is 11.8 Å². The van der Waals surface area contributed by atoms with E-state index >= 15 is 0 Å². The molecule has 0 radical (unpaired) electrons. The Morgan fingerprint density at radius 1 is 1.29 bits per heavy atom. The Bertz CT molecular complexity index is 376. The van der Waals surface area contributed by atoms with Crippen molar-refractivity contribution in [1.82, 2.24) is 0 Å². The molecule has 0 fully saturated rings. The summed E-state index contributed by atoms with van der Waals surface area (Å²) in [5.41, 5.74) is 6.08. The van der Waals surface area contributed by atoms with Gasteiger partial charge in [-0.15, -0.1) is 0 Å². The molecule has 1 aromatic carbocycles. The topological polar surface area (TPSA) is 89.4 Å². The number of para-hydroxylation sites is 1. The van der Waals surface area contributed by atoms with Crippen LogP contribution in [0.1, 0.15) is 5.56 Å². The molecule has 5 nitrogen and oxygen atoms in total. The van der Waals surface area contributed by atoms with E-state index < -0.39 is 11.8 Å². The number of hydrogen-bond acceptors (Lipinski definition) is 3. The molecule has 0 aliphatic heterocycles. The van der Waals surface area contributed by atoms with E-state index in [4.69, 9.17) is 11.6 Å². The first-order valence-electron chi connectivity index (χ1n) is 3.98. The summed E-state index contributed by atoms with van der Waals surface area (Å²) in [6.07, 6.45) is 0. The Morgan fingerprint density at radius 2 is 1.86 bits per heavy atom. The summed E-state index contributed by atoms with van der Waals surface area (Å²) in [5.74, 6) is 3.42. The molecule has 0 atom stereocenters. The van der Waals surface area contributed by atoms with E-state index in [0.717, 1.165) is 10.6 Å². The fourth-order valence-corrected chi connectivity index (χ4v) is 1.06. The van der Waals surface area contributed by atoms with Crippen molar-refractivity contribution < 1.29 is 9.59 Å². The fraction of sp³-hybridized carbons (Fsp3) is 0.111. The monoisotopic (exact) mass is 193 g/mol. The average Bonchev–Trinajstić information content (AvgIpc) is 2.16. The Kier molecular flexibility index (Phi) is 2.83. The van der Waals surface area contributed by atoms with Crippen LogP contribution in [0.5, 0.6) is 0 Å². The molecular formula is C9H11N3O2. The number of carbonyl (C=O) groups is 2. The minimum absolute atomic E-state index is 0.469. The van der Waals surface area contributed by atoms with Crippen molar-refractivity contribution >= 4 is 17.5 Å². The van der Waals surface area contributed by atoms with Crippen molar-refractivity contribution in [3.63, 3.8) is 0 Å². The van der Waals surface area contributed by atoms with Crippen LogP contribution in [0, 0.1) is 6.92 Å². The summed E-state index contributed by atoms with van der Waals surface area (Å²) in [4.78, 5) is 21.7. The molecule has 2 amide bonds. The van der Waals surface area contributed by atoms with E-state index in [1.54, 1.807) is 31.2 Å². The molecule has 0 saturated carbocycles. The zero-order valence-electron chi connectivity index (χ0n) is 7.73. The minimum atomic E-state index is -1.07. The van der Waals surface area contributed by atoms with Crippen molar-refractivity contribution in [2.45, 2.75) is 6.92 Å². The van der Waals surface area contributed by atoms with Gasteiger partial charge < -0.3 is 5.73 Å². The highest BCUT2D eigenvalue weighted by atomic mass is 16.2. The van der Waals surface area contributed by atoms with Gasteiger partial charge >= 0.3 is 11.8 Å². The second-order valence-electron chi connectivity index (χ2n) is 2.83. The molecular weight excluding hydrogens is 182 g/mol. The van der Waals surface area contributed by atoms with Gasteiger partial charge in [-0.2, -0.15) is 0 Å². The van der Waals surface area contributed by atoms with Crippen LogP contribution < -0.4 is 16.6 Å². The third-order valence-electron chi connectivity index (χ3n) is 1.80. The molecule has 74 valence electrons. The molecule has 0 heterocycles. The maximum Gasteiger partial charge on any atom is 0.330 e. The minimum Gasteiger partial charge on any atom is -0.361 e. The van der Waals surface area contributed by atoms with Gasteiger partial charge in [-0.3, -0.25) is 9.59 Å². The standard InChI is InChI=1S/C9H11N3O2/c1-6-4-2-3-5-7(6)12(11)9(14)8(10)13/h2-5H,11H2,1H3,(H2,10,13). The highest BCUT2D eigenvalue weighted by molar-refractivity contribution is 6.39. The SMILES string of the molecule is Cc1ccccc1N(N)C(=O)C(N)=O. The summed E-state index contributed by atoms with van der Waals surface area (Å²) < 4.78 is 0. The molecule has 14 heavy (non-hydrogen) atoms. The lowest BCUT2D eigenvalue weighted by Gasteiger charge is -2.16. The normalized spacial score (nSPS) is 9.57. The average molecular weight is 193 g/mol. The first kappa shape index (κ1) is 10.2. The van der Waals surface area contributed by atoms with Crippen LogP contribution in [0.25, 0.3) is 0 Å². The Hall–Kier alpha value is -1.88. The summed E-state index contributed by atoms with van der Waals surface area (Å²) in [5, 5.41) is 0.748. The first-order chi connectivity index (χ1) is 6.54. The third-order valence-corrected chi connectivity index (χ3v) is 1.80. The van der Waals surface area contributed by atoms with Crippen LogP contribution in [0.3, 0.4) is 0 Å². The number of hydrogen-bond donors (Lipinski definition) is 2. The van der Waals surface area contributed by atoms with Gasteiger partial charge in [0.15, 0.2) is 0 Å². The molecule has 0 aromatic heterocycles. The van der Waals surface area contributed by atoms with Crippen LogP contribution >= 0.6 is 0 Å². The zero-order chi connectivity index (χ0) is 10.7. The molecule has 1 aromatic rings. The van der Waals surface area contributed by atoms with E-state index in [2.05, 4.69) is 0 Å². The van der Waals surface area contributed by atoms with Gasteiger partial charge in [0.05, 0.1) is 5.69 Å². The maximum atomic E-state index is 11.1. The lowest BCUT2D eigenvalue weighted by molar-refractivity contribution is -0.135. The number of nitrogens with zero attached hydrogens (tertiary/aromatic N) is 1. The largest absolute Gasteiger partial charge is 0.361 e. The van der Waals surface area contributed by atoms with Crippen molar-refractivity contribution in [2.24, 2.45) is 11.6 Å². The Balaban J connectivity index is 3.01. The molecule has 0 aliphatic rings. The lowest BCUT2D eigenvalue weighted by atomic mass is 10.2. The molecule has 0 spiro atoms. The van der Waals surface area contributed by atoms with Gasteiger partial charge in [0.1, 0.15) is 0 Å². The summed E-state index contributed by atoms with van der Waals surface area (Å²) in [6.45, 7) is 1.78. The summed E-state index contributed by atoms with van der Waals surface area (Å²) in [7, 11) is 0. The van der Waals surface area contributed by atoms with Gasteiger partial charge in [-0.1, -0.05) is 18.2 Å². The molecule has 0 saturated heterocycles. The number of nitrogens with two attached hydrogens (primary N) is 2. The smallest absolute Gasteiger partial charge is 0.330 e. The highest BCUT2D eigenvalue weighted by Crippen LogP contribution is 2.16. The zero-order valence-corrected chi connectivity index (χ0v) is 7.73. The predicted molar refractivity (Wildman–Crippen MR) is 52.0 cm³/mol. The van der Waals surface area contributed by atoms with E-state index in [0.29, 0.717) is 5.69 Å². The Labute approximate surface area is 81.3 Å². The molecule has 0 unspecified atom stereocenters. The van der Waals surface area contributed by atoms with E-state index in [1.165, 1.54) is 0 Å². The molecule has 5 heteroatoms. The van der Waals surface area contributed by atoms with Crippen LogP contribution in [0.15, 0.2) is 24.3 Å². The molecule has 0 aliphatic carbocycles. The highest BCUT2D eigenvalue weighted by Gasteiger charge is 2.18. The molecule has 4 N–H and O–H groups in total. The van der Waals surface area contributed by atoms with E-state index in [9.17, 15) is 9.59 Å². The Morgan fingerprint density at radius 3 is 2.36 bits per heavy atom. The summed E-state index contributed by atoms with van der Waals surface area (Å²) >= 11 is 0. The van der Waals surface area contributed by atoms with Gasteiger partial charge in [0, 0.05) is 0 Å². The molecule has 0 bridgehead atoms. The van der Waals surface area contributed by atoms with Gasteiger partial charge in [0.25, 0.3) is 0 Å². The number of amides is 2. The second-order valence-corrected chi connectivity index (χ2v) is 2.83. The van der Waals surface area contributed by atoms with E-state index in [-0.39, 0.29) is 0 Å². The van der Waals surface area contributed by atoms with Gasteiger partial charge in [0.2, 0.25) is 0 Å². The van der Waals surface area contributed by atoms with Crippen LogP contribution in [-0.2, 0) is 9.59 Å². The number of aryl methyl sites for hydroxylation is 1. The number of rotatable bonds is 1. The van der Waals surface area contributed by atoms with E-state index in [1.807, 2.05) is 0 Å². The van der Waals surface area contributed by atoms with Crippen molar-refractivity contribution in [1.29, 1.82) is 0 Å². The van der Waals surface area contributed by atoms with Crippen molar-refractivity contribution in [3.8, 4) is 0 Å². The predicted octanol–water partition coefficient (Wildman–Crippen LogP) is -0.313. The van der Waals surface area contributed by atoms with Crippen molar-refractivity contribution in [2.75, 3.05) is 5.01 Å². The quantitative estimate of drug-likeness (QED) is 0.277. The molecule has 1 rings (SSSR count). The second kappa shape index (κ2) is 3.89. The number of carbonyl (C=O) groups excluding carboxylic acids is 2. The number of primary amides is 1. The fourth-order valence-electron chi connectivity index (χ4n) is 1.06. The van der Waals surface area contributed by atoms with Crippen LogP contribution in [0.2, 0.25) is 0 Å². The van der Waals surface area contributed by atoms with Crippen molar-refractivity contribution in [3.05, 3.63) is 29.8 Å². The van der Waals surface area contributed by atoms with Gasteiger partial charge in [-0.25, -0.2) is 10.9 Å². The number of anilines is 1. The first-order valence-corrected chi connectivity index (χ1v) is 3.98. The number of hydrazine groups is 1. The summed E-state index contributed by atoms with van der Waals surface area (Å²) in [6, 6.07) is 6.94. The number of benzene rings is 1. The maximum absolute atomic E-state index is 11.1. The third kappa shape index (κ3) is 1.89.